The van der Waals surface area contributed by atoms with Gasteiger partial charge < -0.3 is 4.74 Å². The van der Waals surface area contributed by atoms with Gasteiger partial charge in [0.05, 0.1) is 12.6 Å². The zero-order valence-electron chi connectivity index (χ0n) is 11.8. The van der Waals surface area contributed by atoms with Crippen molar-refractivity contribution in [2.45, 2.75) is 13.5 Å². The zero-order valence-corrected chi connectivity index (χ0v) is 11.8. The number of tetrazole rings is 1. The summed E-state index contributed by atoms with van der Waals surface area (Å²) in [4.78, 5) is 13.2. The molecule has 3 rings (SSSR count). The molecule has 0 aliphatic carbocycles. The van der Waals surface area contributed by atoms with E-state index in [0.717, 1.165) is 10.8 Å². The number of hydrogen-bond acceptors (Lipinski definition) is 5. The van der Waals surface area contributed by atoms with Crippen molar-refractivity contribution in [3.8, 4) is 5.75 Å². The molecule has 6 heteroatoms. The number of carbonyl (C=O) groups is 1. The van der Waals surface area contributed by atoms with Gasteiger partial charge in [0.1, 0.15) is 5.75 Å². The van der Waals surface area contributed by atoms with E-state index in [1.165, 1.54) is 11.7 Å². The van der Waals surface area contributed by atoms with Crippen LogP contribution in [0.5, 0.6) is 5.75 Å². The predicted octanol–water partition coefficient (Wildman–Crippen LogP) is 2.14. The third-order valence-electron chi connectivity index (χ3n) is 3.15. The summed E-state index contributed by atoms with van der Waals surface area (Å²) in [5, 5.41) is 13.6. The number of carbonyl (C=O) groups excluding carboxylic acids is 1. The molecule has 106 valence electrons. The first-order valence-corrected chi connectivity index (χ1v) is 6.53. The summed E-state index contributed by atoms with van der Waals surface area (Å²) >= 11 is 0. The smallest absolute Gasteiger partial charge is 0.212 e. The molecule has 0 saturated carbocycles. The Morgan fingerprint density at radius 1 is 1.24 bits per heavy atom. The van der Waals surface area contributed by atoms with Crippen LogP contribution in [0, 0.1) is 0 Å². The molecule has 3 aromatic rings. The Hall–Kier alpha value is -2.76. The van der Waals surface area contributed by atoms with E-state index in [1.807, 2.05) is 30.3 Å². The highest BCUT2D eigenvalue weighted by molar-refractivity contribution is 6.03. The quantitative estimate of drug-likeness (QED) is 0.686. The van der Waals surface area contributed by atoms with Gasteiger partial charge in [-0.2, -0.15) is 4.80 Å². The van der Waals surface area contributed by atoms with E-state index in [2.05, 4.69) is 15.4 Å². The molecule has 2 aromatic carbocycles. The van der Waals surface area contributed by atoms with Gasteiger partial charge in [0, 0.05) is 5.39 Å². The van der Waals surface area contributed by atoms with Crippen LogP contribution < -0.4 is 4.74 Å². The molecule has 0 saturated heterocycles. The van der Waals surface area contributed by atoms with E-state index in [-0.39, 0.29) is 12.4 Å². The fourth-order valence-corrected chi connectivity index (χ4v) is 2.19. The Balaban J connectivity index is 2.01. The van der Waals surface area contributed by atoms with Gasteiger partial charge in [0.2, 0.25) is 5.82 Å². The maximum Gasteiger partial charge on any atom is 0.212 e. The summed E-state index contributed by atoms with van der Waals surface area (Å²) < 4.78 is 5.81. The van der Waals surface area contributed by atoms with E-state index in [4.69, 9.17) is 4.74 Å². The number of rotatable bonds is 4. The summed E-state index contributed by atoms with van der Waals surface area (Å²) in [5.41, 5.74) is 0.553. The molecule has 1 aromatic heterocycles. The van der Waals surface area contributed by atoms with Gasteiger partial charge in [0.25, 0.3) is 0 Å². The molecular formula is C15H14N4O2. The molecule has 0 spiro atoms. The molecule has 0 atom stereocenters. The molecule has 6 nitrogen and oxygen atoms in total. The lowest BCUT2D eigenvalue weighted by Crippen LogP contribution is -2.04. The van der Waals surface area contributed by atoms with E-state index in [1.54, 1.807) is 13.1 Å². The van der Waals surface area contributed by atoms with Crippen LogP contribution in [0.15, 0.2) is 36.4 Å². The highest BCUT2D eigenvalue weighted by Gasteiger charge is 2.13. The van der Waals surface area contributed by atoms with Gasteiger partial charge >= 0.3 is 0 Å². The summed E-state index contributed by atoms with van der Waals surface area (Å²) in [5.74, 6) is 0.996. The number of fused-ring (bicyclic) bond motifs is 1. The number of nitrogens with zero attached hydrogens (tertiary/aromatic N) is 4. The second-order valence-electron chi connectivity index (χ2n) is 4.70. The van der Waals surface area contributed by atoms with Crippen LogP contribution in [0.3, 0.4) is 0 Å². The van der Waals surface area contributed by atoms with Crippen molar-refractivity contribution in [3.05, 3.63) is 47.8 Å². The molecule has 0 aliphatic rings. The third-order valence-corrected chi connectivity index (χ3v) is 3.15. The topological polar surface area (TPSA) is 69.9 Å². The van der Waals surface area contributed by atoms with E-state index in [9.17, 15) is 4.79 Å². The average Bonchev–Trinajstić information content (AvgIpc) is 2.90. The third kappa shape index (κ3) is 2.60. The Kier molecular flexibility index (Phi) is 3.35. The maximum absolute atomic E-state index is 11.8. The van der Waals surface area contributed by atoms with Crippen LogP contribution in [-0.2, 0) is 13.7 Å². The number of aryl methyl sites for hydroxylation is 1. The van der Waals surface area contributed by atoms with Crippen molar-refractivity contribution < 1.29 is 9.53 Å². The highest BCUT2D eigenvalue weighted by Crippen LogP contribution is 2.30. The monoisotopic (exact) mass is 282 g/mol. The van der Waals surface area contributed by atoms with Crippen LogP contribution in [0.2, 0.25) is 0 Å². The average molecular weight is 282 g/mol. The first kappa shape index (κ1) is 13.2. The summed E-state index contributed by atoms with van der Waals surface area (Å²) in [7, 11) is 1.69. The molecule has 0 bridgehead atoms. The lowest BCUT2D eigenvalue weighted by atomic mass is 10.0. The molecule has 0 radical (unpaired) electrons. The Bertz CT molecular complexity index is 810. The predicted molar refractivity (Wildman–Crippen MR) is 77.1 cm³/mol. The molecule has 0 amide bonds. The fourth-order valence-electron chi connectivity index (χ4n) is 2.19. The van der Waals surface area contributed by atoms with Crippen molar-refractivity contribution in [2.24, 2.45) is 7.05 Å². The van der Waals surface area contributed by atoms with Crippen LogP contribution in [0.4, 0.5) is 0 Å². The van der Waals surface area contributed by atoms with E-state index >= 15 is 0 Å². The maximum atomic E-state index is 11.8. The summed E-state index contributed by atoms with van der Waals surface area (Å²) in [6.45, 7) is 1.69. The first-order valence-electron chi connectivity index (χ1n) is 6.53. The van der Waals surface area contributed by atoms with Gasteiger partial charge in [-0.1, -0.05) is 30.3 Å². The highest BCUT2D eigenvalue weighted by atomic mass is 16.5. The SMILES string of the molecule is CC(=O)c1ccc2ccccc2c1OCc1nnn(C)n1. The summed E-state index contributed by atoms with van der Waals surface area (Å²) in [6.07, 6.45) is 0. The number of hydrogen-bond donors (Lipinski definition) is 0. The van der Waals surface area contributed by atoms with Gasteiger partial charge in [-0.25, -0.2) is 0 Å². The van der Waals surface area contributed by atoms with Crippen molar-refractivity contribution in [3.63, 3.8) is 0 Å². The number of benzene rings is 2. The Morgan fingerprint density at radius 2 is 2.05 bits per heavy atom. The van der Waals surface area contributed by atoms with E-state index < -0.39 is 0 Å². The minimum Gasteiger partial charge on any atom is -0.484 e. The van der Waals surface area contributed by atoms with Crippen LogP contribution in [0.1, 0.15) is 23.1 Å². The fraction of sp³-hybridized carbons (Fsp3) is 0.200. The van der Waals surface area contributed by atoms with Gasteiger partial charge in [-0.05, 0) is 23.6 Å². The Morgan fingerprint density at radius 3 is 2.76 bits per heavy atom. The molecule has 0 N–H and O–H groups in total. The van der Waals surface area contributed by atoms with Gasteiger partial charge in [-0.3, -0.25) is 4.79 Å². The molecule has 0 fully saturated rings. The number of aromatic nitrogens is 4. The van der Waals surface area contributed by atoms with Crippen LogP contribution >= 0.6 is 0 Å². The number of Topliss-reactive ketones (excluding diaryl/α,β-unsaturated/α-hetero) is 1. The normalized spacial score (nSPS) is 10.8. The summed E-state index contributed by atoms with van der Waals surface area (Å²) in [6, 6.07) is 11.5. The largest absolute Gasteiger partial charge is 0.484 e. The lowest BCUT2D eigenvalue weighted by Gasteiger charge is -2.11. The van der Waals surface area contributed by atoms with Crippen molar-refractivity contribution >= 4 is 16.6 Å². The van der Waals surface area contributed by atoms with Gasteiger partial charge in [0.15, 0.2) is 12.4 Å². The van der Waals surface area contributed by atoms with E-state index in [0.29, 0.717) is 17.1 Å². The molecular weight excluding hydrogens is 268 g/mol. The number of ketones is 1. The molecule has 0 unspecified atom stereocenters. The van der Waals surface area contributed by atoms with Gasteiger partial charge in [-0.15, -0.1) is 10.2 Å². The van der Waals surface area contributed by atoms with Crippen LogP contribution in [-0.4, -0.2) is 26.0 Å². The Labute approximate surface area is 121 Å². The first-order chi connectivity index (χ1) is 10.1. The number of ether oxygens (including phenoxy) is 1. The lowest BCUT2D eigenvalue weighted by molar-refractivity contribution is 0.101. The molecule has 21 heavy (non-hydrogen) atoms. The minimum absolute atomic E-state index is 0.0390. The second-order valence-corrected chi connectivity index (χ2v) is 4.70. The van der Waals surface area contributed by atoms with Crippen molar-refractivity contribution in [2.75, 3.05) is 0 Å². The van der Waals surface area contributed by atoms with Crippen molar-refractivity contribution in [1.29, 1.82) is 0 Å². The molecule has 0 aliphatic heterocycles. The van der Waals surface area contributed by atoms with Crippen LogP contribution in [0.25, 0.3) is 10.8 Å². The molecule has 1 heterocycles. The zero-order chi connectivity index (χ0) is 14.8. The minimum atomic E-state index is -0.0390. The van der Waals surface area contributed by atoms with Crippen molar-refractivity contribution in [1.82, 2.24) is 20.2 Å². The standard InChI is InChI=1S/C15H14N4O2/c1-10(20)12-8-7-11-5-3-4-6-13(11)15(12)21-9-14-16-18-19(2)17-14/h3-8H,9H2,1-2H3. The second kappa shape index (κ2) is 5.32.